The number of nitrogens with zero attached hydrogens (tertiary/aromatic N) is 1. The van der Waals surface area contributed by atoms with Crippen molar-refractivity contribution in [2.45, 2.75) is 46.0 Å². The van der Waals surface area contributed by atoms with Crippen LogP contribution in [0.2, 0.25) is 0 Å². The van der Waals surface area contributed by atoms with Gasteiger partial charge < -0.3 is 15.0 Å². The average molecular weight is 504 g/mol. The summed E-state index contributed by atoms with van der Waals surface area (Å²) in [5.41, 5.74) is 3.10. The van der Waals surface area contributed by atoms with Crippen LogP contribution in [0.3, 0.4) is 0 Å². The Bertz CT molecular complexity index is 1220. The fourth-order valence-electron chi connectivity index (χ4n) is 4.29. The van der Waals surface area contributed by atoms with Crippen molar-refractivity contribution in [2.75, 3.05) is 19.7 Å². The number of ketones is 1. The number of hydrogen-bond acceptors (Lipinski definition) is 5. The Kier molecular flexibility index (Phi) is 9.84. The molecule has 1 aliphatic rings. The summed E-state index contributed by atoms with van der Waals surface area (Å²) < 4.78 is 5.21. The van der Waals surface area contributed by atoms with Crippen molar-refractivity contribution >= 4 is 23.6 Å². The molecule has 0 aliphatic carbocycles. The normalized spacial score (nSPS) is 15.1. The van der Waals surface area contributed by atoms with Crippen LogP contribution in [0.15, 0.2) is 48.2 Å². The monoisotopic (exact) mass is 503 g/mol. The number of esters is 1. The number of Topliss-reactive ketones (excluding diaryl/α,β-unsaturated/α-hetero) is 1. The van der Waals surface area contributed by atoms with Crippen molar-refractivity contribution in [3.05, 3.63) is 59.4 Å². The number of carbonyl (C=O) groups is 4. The van der Waals surface area contributed by atoms with Gasteiger partial charge in [-0.05, 0) is 50.8 Å². The first-order valence-corrected chi connectivity index (χ1v) is 12.5. The van der Waals surface area contributed by atoms with Crippen molar-refractivity contribution < 1.29 is 23.9 Å². The molecule has 8 nitrogen and oxygen atoms in total. The van der Waals surface area contributed by atoms with E-state index in [0.29, 0.717) is 25.1 Å². The first kappa shape index (κ1) is 27.5. The zero-order valence-corrected chi connectivity index (χ0v) is 21.3. The number of carbonyl (C=O) groups excluding carboxylic acids is 4. The smallest absolute Gasteiger partial charge is 0.354 e. The second-order valence-electron chi connectivity index (χ2n) is 8.87. The van der Waals surface area contributed by atoms with E-state index in [9.17, 15) is 19.2 Å². The van der Waals surface area contributed by atoms with Crippen LogP contribution in [0.4, 0.5) is 0 Å². The number of ether oxygens (including phenoxy) is 1. The summed E-state index contributed by atoms with van der Waals surface area (Å²) in [4.78, 5) is 55.5. The summed E-state index contributed by atoms with van der Waals surface area (Å²) in [6.45, 7) is 4.03. The molecule has 0 radical (unpaired) electrons. The molecule has 0 spiro atoms. The minimum Gasteiger partial charge on any atom is -0.461 e. The fraction of sp³-hybridized carbons (Fsp3) is 0.379. The van der Waals surface area contributed by atoms with Crippen LogP contribution in [-0.2, 0) is 19.1 Å². The SMILES string of the molecule is C#CCCC(=O)N(CC(=O)c1ccc(-c2ccccc2C)[nH]1)/C(=C\CC[C@H]1CCNC1=O)C(=O)OCC. The predicted octanol–water partition coefficient (Wildman–Crippen LogP) is 3.78. The van der Waals surface area contributed by atoms with Gasteiger partial charge in [0.2, 0.25) is 11.8 Å². The van der Waals surface area contributed by atoms with E-state index in [1.54, 1.807) is 19.1 Å². The van der Waals surface area contributed by atoms with E-state index >= 15 is 0 Å². The largest absolute Gasteiger partial charge is 0.461 e. The highest BCUT2D eigenvalue weighted by atomic mass is 16.5. The standard InChI is InChI=1S/C29H33N3O5/c1-4-6-14-27(34)32(25(29(36)37-5-2)13-9-11-21-17-18-30-28(21)35)19-26(33)24-16-15-23(31-24)22-12-8-7-10-20(22)3/h1,7-8,10,12-13,15-16,21,31H,5-6,9,11,14,17-19H2,2-3H3,(H,30,35)/b25-13-/t21-/m0/s1. The summed E-state index contributed by atoms with van der Waals surface area (Å²) in [6.07, 6.45) is 8.69. The zero-order valence-electron chi connectivity index (χ0n) is 21.3. The Morgan fingerprint density at radius 1 is 1.22 bits per heavy atom. The molecular weight excluding hydrogens is 470 g/mol. The molecule has 1 atom stereocenters. The molecule has 1 saturated heterocycles. The van der Waals surface area contributed by atoms with E-state index in [0.717, 1.165) is 28.1 Å². The van der Waals surface area contributed by atoms with Gasteiger partial charge in [0, 0.05) is 36.6 Å². The number of hydrogen-bond donors (Lipinski definition) is 2. The lowest BCUT2D eigenvalue weighted by atomic mass is 10.0. The highest BCUT2D eigenvalue weighted by molar-refractivity contribution is 6.01. The Hall–Kier alpha value is -4.12. The van der Waals surface area contributed by atoms with Crippen LogP contribution in [-0.4, -0.2) is 53.1 Å². The number of aromatic nitrogens is 1. The Balaban J connectivity index is 1.85. The number of H-pyrrole nitrogens is 1. The van der Waals surface area contributed by atoms with Crippen molar-refractivity contribution in [3.63, 3.8) is 0 Å². The maximum Gasteiger partial charge on any atom is 0.354 e. The molecule has 0 saturated carbocycles. The number of allylic oxidation sites excluding steroid dienone is 1. The molecule has 8 heteroatoms. The van der Waals surface area contributed by atoms with Gasteiger partial charge in [-0.2, -0.15) is 0 Å². The molecule has 2 aromatic rings. The third-order valence-corrected chi connectivity index (χ3v) is 6.30. The van der Waals surface area contributed by atoms with E-state index in [1.807, 2.05) is 37.3 Å². The van der Waals surface area contributed by atoms with Gasteiger partial charge in [0.15, 0.2) is 5.78 Å². The lowest BCUT2D eigenvalue weighted by Crippen LogP contribution is -2.38. The highest BCUT2D eigenvalue weighted by Crippen LogP contribution is 2.23. The zero-order chi connectivity index (χ0) is 26.8. The minimum atomic E-state index is -0.702. The van der Waals surface area contributed by atoms with Gasteiger partial charge in [-0.1, -0.05) is 30.3 Å². The van der Waals surface area contributed by atoms with Crippen molar-refractivity contribution in [1.82, 2.24) is 15.2 Å². The second-order valence-corrected chi connectivity index (χ2v) is 8.87. The van der Waals surface area contributed by atoms with Gasteiger partial charge >= 0.3 is 5.97 Å². The van der Waals surface area contributed by atoms with Crippen LogP contribution in [0.25, 0.3) is 11.3 Å². The molecule has 0 bridgehead atoms. The molecule has 1 aromatic carbocycles. The highest BCUT2D eigenvalue weighted by Gasteiger charge is 2.28. The number of nitrogens with one attached hydrogen (secondary N) is 2. The number of benzene rings is 1. The van der Waals surface area contributed by atoms with E-state index in [-0.39, 0.29) is 49.3 Å². The third-order valence-electron chi connectivity index (χ3n) is 6.30. The van der Waals surface area contributed by atoms with Crippen molar-refractivity contribution in [1.29, 1.82) is 0 Å². The molecule has 2 heterocycles. The molecule has 37 heavy (non-hydrogen) atoms. The molecule has 1 aliphatic heterocycles. The minimum absolute atomic E-state index is 0.0127. The van der Waals surface area contributed by atoms with Crippen LogP contribution in [0.5, 0.6) is 0 Å². The van der Waals surface area contributed by atoms with Crippen molar-refractivity contribution in [3.8, 4) is 23.6 Å². The lowest BCUT2D eigenvalue weighted by molar-refractivity contribution is -0.143. The molecule has 2 N–H and O–H groups in total. The number of aromatic amines is 1. The number of rotatable bonds is 12. The van der Waals surface area contributed by atoms with Gasteiger partial charge in [-0.3, -0.25) is 19.3 Å². The summed E-state index contributed by atoms with van der Waals surface area (Å²) in [7, 11) is 0. The molecule has 194 valence electrons. The topological polar surface area (TPSA) is 109 Å². The Morgan fingerprint density at radius 2 is 2.00 bits per heavy atom. The van der Waals surface area contributed by atoms with Crippen LogP contribution >= 0.6 is 0 Å². The number of terminal acetylenes is 1. The molecule has 3 rings (SSSR count). The van der Waals surface area contributed by atoms with Gasteiger partial charge in [0.25, 0.3) is 0 Å². The number of aryl methyl sites for hydroxylation is 1. The quantitative estimate of drug-likeness (QED) is 0.198. The summed E-state index contributed by atoms with van der Waals surface area (Å²) >= 11 is 0. The van der Waals surface area contributed by atoms with E-state index in [1.165, 1.54) is 0 Å². The summed E-state index contributed by atoms with van der Waals surface area (Å²) in [5, 5.41) is 2.79. The number of amides is 2. The molecular formula is C29H33N3O5. The third kappa shape index (κ3) is 7.20. The van der Waals surface area contributed by atoms with E-state index < -0.39 is 11.9 Å². The predicted molar refractivity (Wildman–Crippen MR) is 140 cm³/mol. The average Bonchev–Trinajstić information content (AvgIpc) is 3.54. The van der Waals surface area contributed by atoms with Gasteiger partial charge in [0.1, 0.15) is 5.70 Å². The lowest BCUT2D eigenvalue weighted by Gasteiger charge is -2.24. The van der Waals surface area contributed by atoms with Crippen LogP contribution in [0.1, 0.15) is 55.1 Å². The van der Waals surface area contributed by atoms with Crippen LogP contribution < -0.4 is 5.32 Å². The first-order valence-electron chi connectivity index (χ1n) is 12.5. The Labute approximate surface area is 217 Å². The Morgan fingerprint density at radius 3 is 2.68 bits per heavy atom. The molecule has 1 fully saturated rings. The first-order chi connectivity index (χ1) is 17.8. The van der Waals surface area contributed by atoms with Crippen molar-refractivity contribution in [2.24, 2.45) is 5.92 Å². The summed E-state index contributed by atoms with van der Waals surface area (Å²) in [5.74, 6) is 0.751. The van der Waals surface area contributed by atoms with Gasteiger partial charge in [0.05, 0.1) is 18.8 Å². The molecule has 1 aromatic heterocycles. The van der Waals surface area contributed by atoms with Gasteiger partial charge in [-0.15, -0.1) is 12.3 Å². The summed E-state index contributed by atoms with van der Waals surface area (Å²) in [6, 6.07) is 11.3. The van der Waals surface area contributed by atoms with E-state index in [2.05, 4.69) is 16.2 Å². The fourth-order valence-corrected chi connectivity index (χ4v) is 4.29. The maximum absolute atomic E-state index is 13.3. The second kappa shape index (κ2) is 13.3. The maximum atomic E-state index is 13.3. The molecule has 2 amide bonds. The van der Waals surface area contributed by atoms with E-state index in [4.69, 9.17) is 11.2 Å². The van der Waals surface area contributed by atoms with Crippen LogP contribution in [0, 0.1) is 25.2 Å². The van der Waals surface area contributed by atoms with Gasteiger partial charge in [-0.25, -0.2) is 4.79 Å². The molecule has 0 unspecified atom stereocenters.